The lowest BCUT2D eigenvalue weighted by Gasteiger charge is -2.08. The Morgan fingerprint density at radius 2 is 1.42 bits per heavy atom. The Labute approximate surface area is 160 Å². The monoisotopic (exact) mass is 350 g/mol. The molecule has 0 aliphatic rings. The molecule has 26 heavy (non-hydrogen) atoms. The molecule has 0 atom stereocenters. The molecule has 0 saturated carbocycles. The number of unbranched alkanes of at least 4 members (excludes halogenated alkanes) is 5. The van der Waals surface area contributed by atoms with Crippen molar-refractivity contribution in [3.05, 3.63) is 71.3 Å². The fourth-order valence-electron chi connectivity index (χ4n) is 2.96. The lowest BCUT2D eigenvalue weighted by Crippen LogP contribution is -1.96. The molecule has 0 radical (unpaired) electrons. The van der Waals surface area contributed by atoms with Gasteiger partial charge in [-0.05, 0) is 48.1 Å². The van der Waals surface area contributed by atoms with Crippen molar-refractivity contribution >= 4 is 6.08 Å². The van der Waals surface area contributed by atoms with E-state index in [1.165, 1.54) is 61.6 Å². The molecule has 1 nitrogen and oxygen atoms in total. The lowest BCUT2D eigenvalue weighted by atomic mass is 10.0. The lowest BCUT2D eigenvalue weighted by molar-refractivity contribution is 0.306. The van der Waals surface area contributed by atoms with Crippen LogP contribution < -0.4 is 4.74 Å². The third-order valence-corrected chi connectivity index (χ3v) is 4.64. The van der Waals surface area contributed by atoms with Crippen LogP contribution in [0.4, 0.5) is 0 Å². The topological polar surface area (TPSA) is 9.23 Å². The van der Waals surface area contributed by atoms with Crippen molar-refractivity contribution in [2.45, 2.75) is 71.8 Å². The van der Waals surface area contributed by atoms with Crippen LogP contribution in [0, 0.1) is 0 Å². The van der Waals surface area contributed by atoms with Gasteiger partial charge < -0.3 is 4.74 Å². The molecule has 0 fully saturated rings. The van der Waals surface area contributed by atoms with Gasteiger partial charge in [-0.25, -0.2) is 0 Å². The summed E-state index contributed by atoms with van der Waals surface area (Å²) in [5.41, 5.74) is 3.90. The van der Waals surface area contributed by atoms with Crippen LogP contribution in [0.3, 0.4) is 0 Å². The Balaban J connectivity index is 1.73. The Hall–Kier alpha value is -2.02. The number of hydrogen-bond donors (Lipinski definition) is 0. The van der Waals surface area contributed by atoms with E-state index in [1.54, 1.807) is 0 Å². The van der Waals surface area contributed by atoms with Crippen LogP contribution in [0.15, 0.2) is 54.6 Å². The van der Waals surface area contributed by atoms with Gasteiger partial charge in [-0.15, -0.1) is 0 Å². The number of benzene rings is 2. The van der Waals surface area contributed by atoms with E-state index in [9.17, 15) is 0 Å². The van der Waals surface area contributed by atoms with Crippen LogP contribution in [-0.4, -0.2) is 0 Å². The summed E-state index contributed by atoms with van der Waals surface area (Å²) in [5.74, 6) is 0.928. The zero-order valence-corrected chi connectivity index (χ0v) is 16.5. The number of aryl methyl sites for hydroxylation is 1. The molecular weight excluding hydrogens is 316 g/mol. The molecule has 0 amide bonds. The first kappa shape index (κ1) is 20.3. The van der Waals surface area contributed by atoms with E-state index in [-0.39, 0.29) is 0 Å². The van der Waals surface area contributed by atoms with E-state index in [1.807, 2.05) is 0 Å². The Bertz CT molecular complexity index is 622. The molecule has 0 aliphatic heterocycles. The van der Waals surface area contributed by atoms with Crippen molar-refractivity contribution in [1.29, 1.82) is 0 Å². The maximum atomic E-state index is 5.91. The van der Waals surface area contributed by atoms with Crippen LogP contribution in [0.25, 0.3) is 6.08 Å². The van der Waals surface area contributed by atoms with Gasteiger partial charge in [0.15, 0.2) is 0 Å². The van der Waals surface area contributed by atoms with Crippen LogP contribution in [-0.2, 0) is 13.0 Å². The minimum Gasteiger partial charge on any atom is -0.489 e. The molecule has 2 rings (SSSR count). The summed E-state index contributed by atoms with van der Waals surface area (Å²) in [4.78, 5) is 0. The van der Waals surface area contributed by atoms with E-state index < -0.39 is 0 Å². The van der Waals surface area contributed by atoms with E-state index in [0.29, 0.717) is 6.61 Å². The van der Waals surface area contributed by atoms with Crippen LogP contribution in [0.1, 0.15) is 75.5 Å². The van der Waals surface area contributed by atoms with Crippen molar-refractivity contribution in [3.63, 3.8) is 0 Å². The fraction of sp³-hybridized carbons (Fsp3) is 0.440. The molecule has 0 unspecified atom stereocenters. The first-order chi connectivity index (χ1) is 12.8. The summed E-state index contributed by atoms with van der Waals surface area (Å²) in [7, 11) is 0. The molecule has 0 bridgehead atoms. The van der Waals surface area contributed by atoms with Crippen molar-refractivity contribution < 1.29 is 4.74 Å². The molecule has 2 aromatic carbocycles. The smallest absolute Gasteiger partial charge is 0.119 e. The van der Waals surface area contributed by atoms with E-state index in [2.05, 4.69) is 74.5 Å². The molecule has 0 heterocycles. The van der Waals surface area contributed by atoms with Gasteiger partial charge in [0.05, 0.1) is 0 Å². The summed E-state index contributed by atoms with van der Waals surface area (Å²) in [5, 5.41) is 0. The van der Waals surface area contributed by atoms with E-state index in [0.717, 1.165) is 12.2 Å². The summed E-state index contributed by atoms with van der Waals surface area (Å²) in [6.45, 7) is 5.09. The van der Waals surface area contributed by atoms with Gasteiger partial charge in [-0.1, -0.05) is 94.5 Å². The highest BCUT2D eigenvalue weighted by molar-refractivity contribution is 5.50. The number of hydrogen-bond acceptors (Lipinski definition) is 1. The number of allylic oxidation sites excluding steroid dienone is 1. The average Bonchev–Trinajstić information content (AvgIpc) is 2.68. The average molecular weight is 351 g/mol. The highest BCUT2D eigenvalue weighted by Gasteiger charge is 1.98. The maximum Gasteiger partial charge on any atom is 0.119 e. The quantitative estimate of drug-likeness (QED) is 0.358. The molecular formula is C25H34O. The Morgan fingerprint density at radius 1 is 0.731 bits per heavy atom. The van der Waals surface area contributed by atoms with E-state index >= 15 is 0 Å². The standard InChI is InChI=1S/C25H34O/c1-3-5-7-8-10-12-22-13-15-24(16-14-22)21-26-25-19-17-23(18-20-25)11-9-6-4-2/h9,11,13-20H,3-8,10,12,21H2,1-2H3/b11-9+. The summed E-state index contributed by atoms with van der Waals surface area (Å²) in [6, 6.07) is 17.2. The van der Waals surface area contributed by atoms with Crippen molar-refractivity contribution in [1.82, 2.24) is 0 Å². The highest BCUT2D eigenvalue weighted by atomic mass is 16.5. The number of rotatable bonds is 12. The van der Waals surface area contributed by atoms with E-state index in [4.69, 9.17) is 4.74 Å². The third kappa shape index (κ3) is 7.91. The predicted molar refractivity (Wildman–Crippen MR) is 114 cm³/mol. The van der Waals surface area contributed by atoms with Gasteiger partial charge in [0, 0.05) is 0 Å². The maximum absolute atomic E-state index is 5.91. The highest BCUT2D eigenvalue weighted by Crippen LogP contribution is 2.16. The minimum absolute atomic E-state index is 0.627. The largest absolute Gasteiger partial charge is 0.489 e. The zero-order valence-electron chi connectivity index (χ0n) is 16.5. The molecule has 0 aliphatic carbocycles. The summed E-state index contributed by atoms with van der Waals surface area (Å²) in [6.07, 6.45) is 14.6. The molecule has 0 spiro atoms. The first-order valence-corrected chi connectivity index (χ1v) is 10.3. The molecule has 2 aromatic rings. The second-order valence-corrected chi connectivity index (χ2v) is 7.03. The molecule has 140 valence electrons. The first-order valence-electron chi connectivity index (χ1n) is 10.3. The second kappa shape index (κ2) is 12.4. The second-order valence-electron chi connectivity index (χ2n) is 7.03. The van der Waals surface area contributed by atoms with Crippen molar-refractivity contribution in [2.75, 3.05) is 0 Å². The van der Waals surface area contributed by atoms with Gasteiger partial charge in [0.25, 0.3) is 0 Å². The SMILES string of the molecule is CCC/C=C/c1ccc(OCc2ccc(CCCCCCC)cc2)cc1. The Kier molecular flexibility index (Phi) is 9.64. The summed E-state index contributed by atoms with van der Waals surface area (Å²) < 4.78 is 5.91. The normalized spacial score (nSPS) is 11.2. The van der Waals surface area contributed by atoms with Crippen molar-refractivity contribution in [2.24, 2.45) is 0 Å². The molecule has 0 N–H and O–H groups in total. The van der Waals surface area contributed by atoms with Gasteiger partial charge >= 0.3 is 0 Å². The molecule has 0 aromatic heterocycles. The molecule has 1 heteroatoms. The fourth-order valence-corrected chi connectivity index (χ4v) is 2.96. The number of ether oxygens (including phenoxy) is 1. The van der Waals surface area contributed by atoms with Gasteiger partial charge in [-0.2, -0.15) is 0 Å². The van der Waals surface area contributed by atoms with Crippen molar-refractivity contribution in [3.8, 4) is 5.75 Å². The zero-order chi connectivity index (χ0) is 18.5. The minimum atomic E-state index is 0.627. The van der Waals surface area contributed by atoms with Gasteiger partial charge in [-0.3, -0.25) is 0 Å². The Morgan fingerprint density at radius 3 is 2.12 bits per heavy atom. The van der Waals surface area contributed by atoms with Crippen LogP contribution in [0.5, 0.6) is 5.75 Å². The predicted octanol–water partition coefficient (Wildman–Crippen LogP) is 7.59. The summed E-state index contributed by atoms with van der Waals surface area (Å²) >= 11 is 0. The third-order valence-electron chi connectivity index (χ3n) is 4.64. The van der Waals surface area contributed by atoms with Gasteiger partial charge in [0.1, 0.15) is 12.4 Å². The van der Waals surface area contributed by atoms with Crippen LogP contribution in [0.2, 0.25) is 0 Å². The molecule has 0 saturated heterocycles. The van der Waals surface area contributed by atoms with Gasteiger partial charge in [0.2, 0.25) is 0 Å². The van der Waals surface area contributed by atoms with Crippen LogP contribution >= 0.6 is 0 Å².